The summed E-state index contributed by atoms with van der Waals surface area (Å²) in [5.41, 5.74) is 0. The van der Waals surface area contributed by atoms with Gasteiger partial charge in [-0.3, -0.25) is 0 Å². The van der Waals surface area contributed by atoms with E-state index in [0.717, 1.165) is 29.5 Å². The molecule has 16 heteroatoms. The lowest BCUT2D eigenvalue weighted by Gasteiger charge is -2.41. The van der Waals surface area contributed by atoms with E-state index >= 15 is 0 Å². The van der Waals surface area contributed by atoms with Gasteiger partial charge in [0.2, 0.25) is 0 Å². The van der Waals surface area contributed by atoms with Gasteiger partial charge in [0.1, 0.15) is 0 Å². The summed E-state index contributed by atoms with van der Waals surface area (Å²) in [6, 6.07) is 0. The van der Waals surface area contributed by atoms with E-state index in [1.807, 2.05) is 0 Å². The van der Waals surface area contributed by atoms with Crippen molar-refractivity contribution in [1.82, 2.24) is 0 Å². The van der Waals surface area contributed by atoms with Gasteiger partial charge in [0, 0.05) is 6.08 Å². The minimum Gasteiger partial charge on any atom is -0.195 e. The molecule has 0 amide bonds. The molecule has 0 saturated carbocycles. The molecule has 0 N–H and O–H groups in total. The number of rotatable bonds is 7. The first-order valence-electron chi connectivity index (χ1n) is 6.16. The first-order chi connectivity index (χ1) is 11.5. The van der Waals surface area contributed by atoms with Gasteiger partial charge in [-0.25, -0.2) is 0 Å². The van der Waals surface area contributed by atoms with Crippen molar-refractivity contribution in [3.8, 4) is 0 Å². The van der Waals surface area contributed by atoms with Crippen LogP contribution in [0.3, 0.4) is 0 Å². The molecule has 0 saturated heterocycles. The van der Waals surface area contributed by atoms with Crippen LogP contribution in [0.2, 0.25) is 0 Å². The zero-order valence-electron chi connectivity index (χ0n) is 12.3. The molecule has 0 aliphatic carbocycles. The molecular formula is C11H6F15I. The van der Waals surface area contributed by atoms with Gasteiger partial charge in [0.15, 0.2) is 0 Å². The molecule has 0 unspecified atom stereocenters. The molecule has 0 atom stereocenters. The largest absolute Gasteiger partial charge is 0.460 e. The summed E-state index contributed by atoms with van der Waals surface area (Å²) < 4.78 is 192. The minimum atomic E-state index is -8.24. The van der Waals surface area contributed by atoms with E-state index in [2.05, 4.69) is 0 Å². The van der Waals surface area contributed by atoms with E-state index < -0.39 is 57.8 Å². The van der Waals surface area contributed by atoms with Crippen molar-refractivity contribution in [1.29, 1.82) is 0 Å². The number of allylic oxidation sites excluding steroid dienone is 2. The Bertz CT molecular complexity index is 571. The molecule has 0 aliphatic rings. The second-order valence-corrected chi connectivity index (χ2v) is 6.32. The van der Waals surface area contributed by atoms with Gasteiger partial charge in [0.05, 0.1) is 0 Å². The number of halogens is 16. The van der Waals surface area contributed by atoms with Crippen molar-refractivity contribution in [2.24, 2.45) is 0 Å². The van der Waals surface area contributed by atoms with E-state index in [-0.39, 0.29) is 0 Å². The predicted octanol–water partition coefficient (Wildman–Crippen LogP) is 7.09. The Morgan fingerprint density at radius 1 is 0.593 bits per heavy atom. The lowest BCUT2D eigenvalue weighted by Crippen LogP contribution is -2.72. The van der Waals surface area contributed by atoms with Crippen molar-refractivity contribution >= 4 is 22.6 Å². The smallest absolute Gasteiger partial charge is 0.195 e. The third kappa shape index (κ3) is 3.82. The van der Waals surface area contributed by atoms with Crippen LogP contribution in [-0.2, 0) is 0 Å². The molecule has 0 fully saturated rings. The maximum absolute atomic E-state index is 13.3. The van der Waals surface area contributed by atoms with Crippen LogP contribution in [0.25, 0.3) is 0 Å². The topological polar surface area (TPSA) is 0 Å². The van der Waals surface area contributed by atoms with E-state index in [1.54, 1.807) is 0 Å². The molecule has 0 aliphatic heterocycles. The fourth-order valence-corrected chi connectivity index (χ4v) is 1.76. The lowest BCUT2D eigenvalue weighted by molar-refractivity contribution is -0.449. The second kappa shape index (κ2) is 7.03. The average molecular weight is 550 g/mol. The SMILES string of the molecule is CCC(I)=CC(F)(F)C(F)(F)C(F)(F)C(F)(F)C(F)(F)C(F)(F)C(F)(F)F. The van der Waals surface area contributed by atoms with Crippen LogP contribution in [0.15, 0.2) is 9.66 Å². The van der Waals surface area contributed by atoms with Crippen molar-refractivity contribution in [3.63, 3.8) is 0 Å². The van der Waals surface area contributed by atoms with Gasteiger partial charge < -0.3 is 0 Å². The highest BCUT2D eigenvalue weighted by molar-refractivity contribution is 14.1. The zero-order valence-corrected chi connectivity index (χ0v) is 14.5. The summed E-state index contributed by atoms with van der Waals surface area (Å²) in [5, 5.41) is 0. The van der Waals surface area contributed by atoms with Crippen molar-refractivity contribution < 1.29 is 65.9 Å². The summed E-state index contributed by atoms with van der Waals surface area (Å²) in [6.45, 7) is 0.997. The molecular weight excluding hydrogens is 544 g/mol. The van der Waals surface area contributed by atoms with Gasteiger partial charge in [0.25, 0.3) is 0 Å². The number of hydrogen-bond acceptors (Lipinski definition) is 0. The molecule has 0 rings (SSSR count). The zero-order chi connectivity index (χ0) is 22.5. The maximum atomic E-state index is 13.3. The Hall–Kier alpha value is -0.580. The third-order valence-electron chi connectivity index (χ3n) is 3.03. The Labute approximate surface area is 153 Å². The predicted molar refractivity (Wildman–Crippen MR) is 68.1 cm³/mol. The fourth-order valence-electron chi connectivity index (χ4n) is 1.37. The third-order valence-corrected chi connectivity index (χ3v) is 4.10. The summed E-state index contributed by atoms with van der Waals surface area (Å²) in [5.74, 6) is -46.2. The number of hydrogen-bond donors (Lipinski definition) is 0. The molecule has 0 aromatic carbocycles. The molecule has 0 heterocycles. The standard InChI is InChI=1S/C11H6F15I/c1-2-4(27)3-5(12,13)6(14,15)7(16,17)8(18,19)9(20,21)10(22,23)11(24,25)26/h3H,2H2,1H3. The van der Waals surface area contributed by atoms with E-state index in [0.29, 0.717) is 0 Å². The van der Waals surface area contributed by atoms with Crippen LogP contribution < -0.4 is 0 Å². The molecule has 0 aromatic rings. The van der Waals surface area contributed by atoms with Crippen molar-refractivity contribution in [2.75, 3.05) is 0 Å². The van der Waals surface area contributed by atoms with E-state index in [4.69, 9.17) is 0 Å². The first kappa shape index (κ1) is 26.4. The summed E-state index contributed by atoms with van der Waals surface area (Å²) in [6.07, 6.45) is -9.17. The maximum Gasteiger partial charge on any atom is 0.460 e. The van der Waals surface area contributed by atoms with Gasteiger partial charge in [-0.1, -0.05) is 6.92 Å². The highest BCUT2D eigenvalue weighted by Gasteiger charge is 2.93. The molecule has 0 nitrogen and oxygen atoms in total. The molecule has 162 valence electrons. The molecule has 0 bridgehead atoms. The normalized spacial score (nSPS) is 16.7. The highest BCUT2D eigenvalue weighted by atomic mass is 127. The van der Waals surface area contributed by atoms with Crippen LogP contribution in [0.5, 0.6) is 0 Å². The van der Waals surface area contributed by atoms with Crippen LogP contribution in [0.4, 0.5) is 65.9 Å². The van der Waals surface area contributed by atoms with Crippen molar-refractivity contribution in [2.45, 2.75) is 55.1 Å². The van der Waals surface area contributed by atoms with Crippen LogP contribution >= 0.6 is 22.6 Å². The van der Waals surface area contributed by atoms with Crippen molar-refractivity contribution in [3.05, 3.63) is 9.66 Å². The molecule has 0 spiro atoms. The number of alkyl halides is 15. The Kier molecular flexibility index (Phi) is 6.88. The van der Waals surface area contributed by atoms with Gasteiger partial charge in [-0.2, -0.15) is 65.9 Å². The summed E-state index contributed by atoms with van der Waals surface area (Å²) in [7, 11) is 0. The quantitative estimate of drug-likeness (QED) is 0.235. The van der Waals surface area contributed by atoms with E-state index in [9.17, 15) is 65.9 Å². The molecule has 27 heavy (non-hydrogen) atoms. The molecule has 0 aromatic heterocycles. The summed E-state index contributed by atoms with van der Waals surface area (Å²) >= 11 is 0.858. The highest BCUT2D eigenvalue weighted by Crippen LogP contribution is 2.62. The summed E-state index contributed by atoms with van der Waals surface area (Å²) in [4.78, 5) is 0. The Morgan fingerprint density at radius 2 is 0.889 bits per heavy atom. The minimum absolute atomic E-state index is 0.545. The van der Waals surface area contributed by atoms with Gasteiger partial charge >= 0.3 is 41.7 Å². The van der Waals surface area contributed by atoms with Gasteiger partial charge in [-0.05, 0) is 32.6 Å². The Balaban J connectivity index is 6.56. The monoisotopic (exact) mass is 550 g/mol. The second-order valence-electron chi connectivity index (χ2n) is 4.94. The average Bonchev–Trinajstić information content (AvgIpc) is 2.44. The Morgan fingerprint density at radius 3 is 1.19 bits per heavy atom. The van der Waals surface area contributed by atoms with Crippen LogP contribution in [-0.4, -0.2) is 41.7 Å². The lowest BCUT2D eigenvalue weighted by atomic mass is 9.91. The van der Waals surface area contributed by atoms with Crippen LogP contribution in [0.1, 0.15) is 13.3 Å². The van der Waals surface area contributed by atoms with E-state index in [1.165, 1.54) is 0 Å². The van der Waals surface area contributed by atoms with Crippen LogP contribution in [0, 0.1) is 0 Å². The van der Waals surface area contributed by atoms with Gasteiger partial charge in [-0.15, -0.1) is 0 Å². The fraction of sp³-hybridized carbons (Fsp3) is 0.818. The first-order valence-corrected chi connectivity index (χ1v) is 7.24. The molecule has 0 radical (unpaired) electrons.